The number of aromatic nitrogens is 2. The van der Waals surface area contributed by atoms with Crippen molar-refractivity contribution >= 4 is 12.6 Å². The zero-order valence-corrected chi connectivity index (χ0v) is 9.75. The summed E-state index contributed by atoms with van der Waals surface area (Å²) in [5.41, 5.74) is 0.749. The van der Waals surface area contributed by atoms with Gasteiger partial charge in [-0.1, -0.05) is 0 Å². The minimum atomic E-state index is -1.72. The van der Waals surface area contributed by atoms with Gasteiger partial charge in [0.15, 0.2) is 0 Å². The number of aryl methyl sites for hydroxylation is 1. The second-order valence-corrected chi connectivity index (χ2v) is 3.86. The van der Waals surface area contributed by atoms with Crippen LogP contribution in [-0.4, -0.2) is 26.9 Å². The molecular weight excluding hydrogens is 238 g/mol. The predicted molar refractivity (Wildman–Crippen MR) is 63.8 cm³/mol. The van der Waals surface area contributed by atoms with Crippen LogP contribution < -0.4 is 10.2 Å². The highest BCUT2D eigenvalue weighted by atomic mass is 19.1. The lowest BCUT2D eigenvalue weighted by atomic mass is 9.80. The molecule has 0 atom stereocenters. The van der Waals surface area contributed by atoms with E-state index in [0.717, 1.165) is 6.07 Å². The first-order chi connectivity index (χ1) is 8.54. The highest BCUT2D eigenvalue weighted by Gasteiger charge is 2.13. The average Bonchev–Trinajstić information content (AvgIpc) is 2.72. The van der Waals surface area contributed by atoms with Crippen LogP contribution >= 0.6 is 0 Å². The molecular formula is C11H12BFN2O3. The van der Waals surface area contributed by atoms with E-state index in [9.17, 15) is 4.39 Å². The molecule has 0 saturated heterocycles. The van der Waals surface area contributed by atoms with Crippen LogP contribution in [0.1, 0.15) is 5.69 Å². The van der Waals surface area contributed by atoms with Crippen LogP contribution in [0.25, 0.3) is 0 Å². The predicted octanol–water partition coefficient (Wildman–Crippen LogP) is -0.182. The third-order valence-electron chi connectivity index (χ3n) is 2.35. The highest BCUT2D eigenvalue weighted by Crippen LogP contribution is 2.12. The lowest BCUT2D eigenvalue weighted by Gasteiger charge is -2.07. The SMILES string of the molecule is Cn1ccc(COc2cc(F)cc(B(O)O)c2)n1. The monoisotopic (exact) mass is 250 g/mol. The normalized spacial score (nSPS) is 10.4. The first-order valence-corrected chi connectivity index (χ1v) is 5.32. The molecule has 2 aromatic rings. The molecule has 7 heteroatoms. The van der Waals surface area contributed by atoms with Crippen LogP contribution in [0.15, 0.2) is 30.5 Å². The van der Waals surface area contributed by atoms with Crippen LogP contribution in [-0.2, 0) is 13.7 Å². The standard InChI is InChI=1S/C11H12BFN2O3/c1-15-3-2-10(14-15)7-18-11-5-8(12(16)17)4-9(13)6-11/h2-6,16-17H,7H2,1H3. The Labute approximate surface area is 104 Å². The molecule has 94 valence electrons. The van der Waals surface area contributed by atoms with Crippen LogP contribution in [0.5, 0.6) is 5.75 Å². The fourth-order valence-electron chi connectivity index (χ4n) is 1.51. The van der Waals surface area contributed by atoms with Crippen molar-refractivity contribution in [3.8, 4) is 5.75 Å². The molecule has 5 nitrogen and oxygen atoms in total. The number of nitrogens with zero attached hydrogens (tertiary/aromatic N) is 2. The van der Waals surface area contributed by atoms with E-state index in [1.54, 1.807) is 24.0 Å². The van der Waals surface area contributed by atoms with E-state index in [1.807, 2.05) is 0 Å². The van der Waals surface area contributed by atoms with Gasteiger partial charge < -0.3 is 14.8 Å². The second-order valence-electron chi connectivity index (χ2n) is 3.86. The Morgan fingerprint density at radius 2 is 2.17 bits per heavy atom. The number of rotatable bonds is 4. The molecule has 0 spiro atoms. The smallest absolute Gasteiger partial charge is 0.487 e. The fraction of sp³-hybridized carbons (Fsp3) is 0.182. The minimum absolute atomic E-state index is 0.0472. The number of benzene rings is 1. The summed E-state index contributed by atoms with van der Waals surface area (Å²) in [5.74, 6) is -0.361. The lowest BCUT2D eigenvalue weighted by Crippen LogP contribution is -2.30. The first kappa shape index (κ1) is 12.6. The van der Waals surface area contributed by atoms with Gasteiger partial charge in [0.1, 0.15) is 18.2 Å². The van der Waals surface area contributed by atoms with Gasteiger partial charge >= 0.3 is 7.12 Å². The summed E-state index contributed by atoms with van der Waals surface area (Å²) in [5, 5.41) is 22.1. The number of hydrogen-bond acceptors (Lipinski definition) is 4. The summed E-state index contributed by atoms with van der Waals surface area (Å²) < 4.78 is 20.2. The maximum Gasteiger partial charge on any atom is 0.488 e. The molecule has 0 saturated carbocycles. The molecule has 0 aliphatic carbocycles. The van der Waals surface area contributed by atoms with E-state index < -0.39 is 12.9 Å². The van der Waals surface area contributed by atoms with Crippen molar-refractivity contribution in [2.24, 2.45) is 7.05 Å². The lowest BCUT2D eigenvalue weighted by molar-refractivity contribution is 0.298. The van der Waals surface area contributed by atoms with Crippen molar-refractivity contribution in [1.29, 1.82) is 0 Å². The molecule has 0 aliphatic heterocycles. The van der Waals surface area contributed by atoms with Crippen molar-refractivity contribution in [3.63, 3.8) is 0 Å². The van der Waals surface area contributed by atoms with Crippen LogP contribution in [0.4, 0.5) is 4.39 Å². The summed E-state index contributed by atoms with van der Waals surface area (Å²) in [6.45, 7) is 0.186. The molecule has 0 aliphatic rings. The zero-order chi connectivity index (χ0) is 13.1. The molecule has 0 amide bonds. The molecule has 2 N–H and O–H groups in total. The quantitative estimate of drug-likeness (QED) is 0.738. The van der Waals surface area contributed by atoms with Crippen LogP contribution in [0, 0.1) is 5.82 Å². The van der Waals surface area contributed by atoms with Crippen molar-refractivity contribution in [2.75, 3.05) is 0 Å². The van der Waals surface area contributed by atoms with Gasteiger partial charge in [-0.15, -0.1) is 0 Å². The Kier molecular flexibility index (Phi) is 3.64. The van der Waals surface area contributed by atoms with Gasteiger partial charge in [0.2, 0.25) is 0 Å². The van der Waals surface area contributed by atoms with Crippen LogP contribution in [0.2, 0.25) is 0 Å². The molecule has 1 aromatic heterocycles. The van der Waals surface area contributed by atoms with E-state index in [2.05, 4.69) is 5.10 Å². The molecule has 1 heterocycles. The Morgan fingerprint density at radius 1 is 1.39 bits per heavy atom. The largest absolute Gasteiger partial charge is 0.488 e. The number of hydrogen-bond donors (Lipinski definition) is 2. The summed E-state index contributed by atoms with van der Waals surface area (Å²) in [7, 11) is 0.0595. The first-order valence-electron chi connectivity index (χ1n) is 5.32. The molecule has 0 bridgehead atoms. The van der Waals surface area contributed by atoms with E-state index in [4.69, 9.17) is 14.8 Å². The Bertz CT molecular complexity index is 545. The van der Waals surface area contributed by atoms with Gasteiger partial charge in [0.05, 0.1) is 5.69 Å². The molecule has 0 unspecified atom stereocenters. The Morgan fingerprint density at radius 3 is 2.78 bits per heavy atom. The maximum atomic E-state index is 13.2. The Balaban J connectivity index is 2.09. The van der Waals surface area contributed by atoms with E-state index in [1.165, 1.54) is 12.1 Å². The van der Waals surface area contributed by atoms with Crippen molar-refractivity contribution < 1.29 is 19.2 Å². The summed E-state index contributed by atoms with van der Waals surface area (Å²) in [4.78, 5) is 0. The second kappa shape index (κ2) is 5.20. The number of ether oxygens (including phenoxy) is 1. The van der Waals surface area contributed by atoms with Crippen molar-refractivity contribution in [1.82, 2.24) is 9.78 Å². The fourth-order valence-corrected chi connectivity index (χ4v) is 1.51. The molecule has 0 radical (unpaired) electrons. The summed E-state index contributed by atoms with van der Waals surface area (Å²) in [6, 6.07) is 5.37. The van der Waals surface area contributed by atoms with E-state index in [0.29, 0.717) is 5.69 Å². The van der Waals surface area contributed by atoms with Crippen molar-refractivity contribution in [2.45, 2.75) is 6.61 Å². The summed E-state index contributed by atoms with van der Waals surface area (Å²) >= 11 is 0. The van der Waals surface area contributed by atoms with Gasteiger partial charge in [-0.25, -0.2) is 4.39 Å². The Hall–Kier alpha value is -1.86. The van der Waals surface area contributed by atoms with E-state index >= 15 is 0 Å². The summed E-state index contributed by atoms with van der Waals surface area (Å²) in [6.07, 6.45) is 1.77. The third-order valence-corrected chi connectivity index (χ3v) is 2.35. The van der Waals surface area contributed by atoms with Gasteiger partial charge in [0, 0.05) is 19.3 Å². The van der Waals surface area contributed by atoms with Gasteiger partial charge in [-0.05, 0) is 23.7 Å². The molecule has 0 fully saturated rings. The topological polar surface area (TPSA) is 67.5 Å². The average molecular weight is 250 g/mol. The van der Waals surface area contributed by atoms with Crippen molar-refractivity contribution in [3.05, 3.63) is 42.0 Å². The van der Waals surface area contributed by atoms with Crippen LogP contribution in [0.3, 0.4) is 0 Å². The van der Waals surface area contributed by atoms with Gasteiger partial charge in [-0.3, -0.25) is 4.68 Å². The molecule has 1 aromatic carbocycles. The highest BCUT2D eigenvalue weighted by molar-refractivity contribution is 6.58. The minimum Gasteiger partial charge on any atom is -0.487 e. The van der Waals surface area contributed by atoms with Gasteiger partial charge in [0.25, 0.3) is 0 Å². The third kappa shape index (κ3) is 3.09. The maximum absolute atomic E-state index is 13.2. The number of halogens is 1. The zero-order valence-electron chi connectivity index (χ0n) is 9.75. The van der Waals surface area contributed by atoms with E-state index in [-0.39, 0.29) is 17.8 Å². The molecule has 18 heavy (non-hydrogen) atoms. The van der Waals surface area contributed by atoms with Gasteiger partial charge in [-0.2, -0.15) is 5.10 Å². The molecule has 2 rings (SSSR count).